The molecule has 1 aliphatic rings. The van der Waals surface area contributed by atoms with Crippen LogP contribution in [0.15, 0.2) is 0 Å². The highest BCUT2D eigenvalue weighted by Crippen LogP contribution is 2.20. The lowest BCUT2D eigenvalue weighted by molar-refractivity contribution is -0.137. The normalized spacial score (nSPS) is 21.6. The standard InChI is InChI=1S/C15H29N3O2/c1-11(2)9-16-14(19)12(3)18-8-6-7-13(10-18)15(20)17(4)5/h11-13H,6-10H2,1-5H3,(H,16,19). The minimum Gasteiger partial charge on any atom is -0.354 e. The van der Waals surface area contributed by atoms with E-state index in [2.05, 4.69) is 24.1 Å². The van der Waals surface area contributed by atoms with Gasteiger partial charge in [0.05, 0.1) is 12.0 Å². The van der Waals surface area contributed by atoms with Gasteiger partial charge in [-0.05, 0) is 32.2 Å². The smallest absolute Gasteiger partial charge is 0.237 e. The summed E-state index contributed by atoms with van der Waals surface area (Å²) in [5.41, 5.74) is 0. The van der Waals surface area contributed by atoms with E-state index in [9.17, 15) is 9.59 Å². The van der Waals surface area contributed by atoms with Gasteiger partial charge in [0.25, 0.3) is 0 Å². The minimum absolute atomic E-state index is 0.0269. The zero-order valence-corrected chi connectivity index (χ0v) is 13.5. The Labute approximate surface area is 122 Å². The summed E-state index contributed by atoms with van der Waals surface area (Å²) in [6, 6.07) is -0.161. The number of hydrogen-bond donors (Lipinski definition) is 1. The van der Waals surface area contributed by atoms with Crippen molar-refractivity contribution in [3.63, 3.8) is 0 Å². The lowest BCUT2D eigenvalue weighted by atomic mass is 9.95. The molecule has 0 radical (unpaired) electrons. The van der Waals surface area contributed by atoms with Gasteiger partial charge in [0.1, 0.15) is 0 Å². The quantitative estimate of drug-likeness (QED) is 0.817. The Morgan fingerprint density at radius 2 is 1.95 bits per heavy atom. The van der Waals surface area contributed by atoms with Crippen LogP contribution in [0, 0.1) is 11.8 Å². The van der Waals surface area contributed by atoms with Gasteiger partial charge in [0, 0.05) is 27.2 Å². The highest BCUT2D eigenvalue weighted by atomic mass is 16.2. The third kappa shape index (κ3) is 4.78. The number of carbonyl (C=O) groups is 2. The maximum atomic E-state index is 12.1. The minimum atomic E-state index is -0.161. The van der Waals surface area contributed by atoms with Crippen LogP contribution in [-0.2, 0) is 9.59 Å². The summed E-state index contributed by atoms with van der Waals surface area (Å²) in [6.07, 6.45) is 1.90. The van der Waals surface area contributed by atoms with Crippen molar-refractivity contribution in [1.82, 2.24) is 15.1 Å². The second-order valence-electron chi connectivity index (χ2n) is 6.38. The number of nitrogens with zero attached hydrogens (tertiary/aromatic N) is 2. The van der Waals surface area contributed by atoms with Crippen LogP contribution in [0.5, 0.6) is 0 Å². The molecule has 1 heterocycles. The molecule has 1 saturated heterocycles. The van der Waals surface area contributed by atoms with E-state index in [1.54, 1.807) is 19.0 Å². The number of rotatable bonds is 5. The van der Waals surface area contributed by atoms with E-state index in [0.29, 0.717) is 19.0 Å². The van der Waals surface area contributed by atoms with E-state index in [1.165, 1.54) is 0 Å². The summed E-state index contributed by atoms with van der Waals surface area (Å²) in [5.74, 6) is 0.718. The molecule has 2 unspecified atom stereocenters. The Morgan fingerprint density at radius 1 is 1.30 bits per heavy atom. The van der Waals surface area contributed by atoms with E-state index >= 15 is 0 Å². The van der Waals surface area contributed by atoms with Gasteiger partial charge in [-0.15, -0.1) is 0 Å². The van der Waals surface area contributed by atoms with Crippen LogP contribution in [0.4, 0.5) is 0 Å². The molecule has 5 heteroatoms. The van der Waals surface area contributed by atoms with E-state index in [-0.39, 0.29) is 23.8 Å². The first-order chi connectivity index (χ1) is 9.32. The molecule has 2 amide bonds. The van der Waals surface area contributed by atoms with E-state index in [1.807, 2.05) is 6.92 Å². The number of nitrogens with one attached hydrogen (secondary N) is 1. The molecule has 0 aromatic heterocycles. The van der Waals surface area contributed by atoms with Crippen molar-refractivity contribution in [3.8, 4) is 0 Å². The van der Waals surface area contributed by atoms with Crippen molar-refractivity contribution in [2.24, 2.45) is 11.8 Å². The Bertz CT molecular complexity index is 342. The fourth-order valence-corrected chi connectivity index (χ4v) is 2.54. The van der Waals surface area contributed by atoms with Crippen molar-refractivity contribution >= 4 is 11.8 Å². The number of hydrogen-bond acceptors (Lipinski definition) is 3. The molecule has 0 bridgehead atoms. The van der Waals surface area contributed by atoms with Crippen LogP contribution in [0.2, 0.25) is 0 Å². The Morgan fingerprint density at radius 3 is 2.50 bits per heavy atom. The molecule has 0 saturated carbocycles. The van der Waals surface area contributed by atoms with Crippen molar-refractivity contribution in [3.05, 3.63) is 0 Å². The lowest BCUT2D eigenvalue weighted by Crippen LogP contribution is -2.51. The number of amides is 2. The fourth-order valence-electron chi connectivity index (χ4n) is 2.54. The molecule has 1 aliphatic heterocycles. The molecular formula is C15H29N3O2. The average Bonchev–Trinajstić information content (AvgIpc) is 2.43. The number of piperidine rings is 1. The van der Waals surface area contributed by atoms with Gasteiger partial charge in [-0.25, -0.2) is 0 Å². The van der Waals surface area contributed by atoms with Gasteiger partial charge in [0.2, 0.25) is 11.8 Å². The molecular weight excluding hydrogens is 254 g/mol. The van der Waals surface area contributed by atoms with Crippen LogP contribution < -0.4 is 5.32 Å². The molecule has 0 spiro atoms. The highest BCUT2D eigenvalue weighted by molar-refractivity contribution is 5.82. The second-order valence-corrected chi connectivity index (χ2v) is 6.38. The van der Waals surface area contributed by atoms with Crippen LogP contribution >= 0.6 is 0 Å². The third-order valence-corrected chi connectivity index (χ3v) is 3.85. The maximum absolute atomic E-state index is 12.1. The molecule has 1 fully saturated rings. The third-order valence-electron chi connectivity index (χ3n) is 3.85. The van der Waals surface area contributed by atoms with Crippen molar-refractivity contribution in [1.29, 1.82) is 0 Å². The molecule has 20 heavy (non-hydrogen) atoms. The van der Waals surface area contributed by atoms with E-state index < -0.39 is 0 Å². The maximum Gasteiger partial charge on any atom is 0.237 e. The number of carbonyl (C=O) groups excluding carboxylic acids is 2. The fraction of sp³-hybridized carbons (Fsp3) is 0.867. The zero-order chi connectivity index (χ0) is 15.3. The first-order valence-electron chi connectivity index (χ1n) is 7.55. The molecule has 0 aromatic rings. The highest BCUT2D eigenvalue weighted by Gasteiger charge is 2.31. The topological polar surface area (TPSA) is 52.7 Å². The van der Waals surface area contributed by atoms with Crippen LogP contribution in [0.3, 0.4) is 0 Å². The molecule has 1 N–H and O–H groups in total. The summed E-state index contributed by atoms with van der Waals surface area (Å²) >= 11 is 0. The van der Waals surface area contributed by atoms with E-state index in [0.717, 1.165) is 19.4 Å². The summed E-state index contributed by atoms with van der Waals surface area (Å²) in [4.78, 5) is 27.9. The summed E-state index contributed by atoms with van der Waals surface area (Å²) in [5, 5.41) is 2.97. The van der Waals surface area contributed by atoms with Crippen LogP contribution in [0.1, 0.15) is 33.6 Å². The molecule has 116 valence electrons. The number of likely N-dealkylation sites (tertiary alicyclic amines) is 1. The Kier molecular flexibility index (Phi) is 6.46. The predicted octanol–water partition coefficient (Wildman–Crippen LogP) is 0.947. The molecule has 2 atom stereocenters. The van der Waals surface area contributed by atoms with E-state index in [4.69, 9.17) is 0 Å². The molecule has 0 aliphatic carbocycles. The van der Waals surface area contributed by atoms with Crippen molar-refractivity contribution in [2.45, 2.75) is 39.7 Å². The van der Waals surface area contributed by atoms with Gasteiger partial charge in [0.15, 0.2) is 0 Å². The summed E-state index contributed by atoms with van der Waals surface area (Å²) in [6.45, 7) is 8.38. The van der Waals surface area contributed by atoms with Gasteiger partial charge in [-0.2, -0.15) is 0 Å². The van der Waals surface area contributed by atoms with Gasteiger partial charge >= 0.3 is 0 Å². The van der Waals surface area contributed by atoms with Crippen LogP contribution in [0.25, 0.3) is 0 Å². The zero-order valence-electron chi connectivity index (χ0n) is 13.5. The molecule has 5 nitrogen and oxygen atoms in total. The van der Waals surface area contributed by atoms with Gasteiger partial charge < -0.3 is 10.2 Å². The average molecular weight is 283 g/mol. The van der Waals surface area contributed by atoms with Crippen LogP contribution in [-0.4, -0.2) is 61.4 Å². The largest absolute Gasteiger partial charge is 0.354 e. The first kappa shape index (κ1) is 17.0. The Balaban J connectivity index is 2.53. The van der Waals surface area contributed by atoms with Gasteiger partial charge in [-0.3, -0.25) is 14.5 Å². The summed E-state index contributed by atoms with van der Waals surface area (Å²) < 4.78 is 0. The second kappa shape index (κ2) is 7.62. The molecule has 1 rings (SSSR count). The SMILES string of the molecule is CC(C)CNC(=O)C(C)N1CCCC(C(=O)N(C)C)C1. The Hall–Kier alpha value is -1.10. The lowest BCUT2D eigenvalue weighted by Gasteiger charge is -2.36. The predicted molar refractivity (Wildman–Crippen MR) is 80.3 cm³/mol. The van der Waals surface area contributed by atoms with Gasteiger partial charge in [-0.1, -0.05) is 13.8 Å². The molecule has 0 aromatic carbocycles. The van der Waals surface area contributed by atoms with Crippen molar-refractivity contribution < 1.29 is 9.59 Å². The monoisotopic (exact) mass is 283 g/mol. The summed E-state index contributed by atoms with van der Waals surface area (Å²) in [7, 11) is 3.58. The van der Waals surface area contributed by atoms with Crippen molar-refractivity contribution in [2.75, 3.05) is 33.7 Å². The first-order valence-corrected chi connectivity index (χ1v) is 7.55.